The molecular weight excluding hydrogens is 238 g/mol. The minimum absolute atomic E-state index is 0.775. The zero-order chi connectivity index (χ0) is 13.8. The summed E-state index contributed by atoms with van der Waals surface area (Å²) in [6.45, 7) is 4.87. The molecule has 0 spiro atoms. The van der Waals surface area contributed by atoms with E-state index in [2.05, 4.69) is 10.6 Å². The Hall–Kier alpha value is -2.03. The molecule has 3 nitrogen and oxygen atoms in total. The number of aryl methyl sites for hydroxylation is 2. The van der Waals surface area contributed by atoms with Gasteiger partial charge in [0.05, 0.1) is 7.11 Å². The highest BCUT2D eigenvalue weighted by Gasteiger charge is 2.09. The molecule has 0 saturated carbocycles. The van der Waals surface area contributed by atoms with Crippen LogP contribution in [-0.2, 0) is 13.0 Å². The van der Waals surface area contributed by atoms with Crippen molar-refractivity contribution in [1.82, 2.24) is 4.57 Å². The molecule has 0 N–H and O–H groups in total. The first kappa shape index (κ1) is 13.4. The van der Waals surface area contributed by atoms with Gasteiger partial charge in [0, 0.05) is 23.5 Å². The van der Waals surface area contributed by atoms with Gasteiger partial charge in [0.15, 0.2) is 6.29 Å². The van der Waals surface area contributed by atoms with Crippen LogP contribution in [0.3, 0.4) is 0 Å². The monoisotopic (exact) mass is 257 g/mol. The van der Waals surface area contributed by atoms with E-state index >= 15 is 0 Å². The minimum atomic E-state index is 0.775. The molecule has 19 heavy (non-hydrogen) atoms. The number of para-hydroxylation sites is 1. The molecular formula is C16H19NO2. The van der Waals surface area contributed by atoms with Gasteiger partial charge in [0.25, 0.3) is 0 Å². The highest BCUT2D eigenvalue weighted by atomic mass is 16.5. The van der Waals surface area contributed by atoms with E-state index in [0.29, 0.717) is 0 Å². The first-order valence-corrected chi connectivity index (χ1v) is 6.41. The molecule has 0 aliphatic carbocycles. The van der Waals surface area contributed by atoms with Crippen LogP contribution in [0.25, 0.3) is 0 Å². The van der Waals surface area contributed by atoms with Crippen LogP contribution < -0.4 is 4.74 Å². The Kier molecular flexibility index (Phi) is 4.05. The van der Waals surface area contributed by atoms with Gasteiger partial charge in [-0.1, -0.05) is 18.2 Å². The summed E-state index contributed by atoms with van der Waals surface area (Å²) in [5, 5.41) is 0. The molecule has 0 amide bonds. The standard InChI is InChI=1S/C16H19NO2/c1-12-10-15(11-18)13(2)17(12)9-8-14-6-4-5-7-16(14)19-3/h4-7,10-11H,8-9H2,1-3H3. The zero-order valence-corrected chi connectivity index (χ0v) is 11.6. The number of nitrogens with zero attached hydrogens (tertiary/aromatic N) is 1. The Balaban J connectivity index is 2.19. The van der Waals surface area contributed by atoms with Crippen molar-refractivity contribution < 1.29 is 9.53 Å². The lowest BCUT2D eigenvalue weighted by atomic mass is 10.1. The van der Waals surface area contributed by atoms with E-state index < -0.39 is 0 Å². The summed E-state index contributed by atoms with van der Waals surface area (Å²) < 4.78 is 7.53. The van der Waals surface area contributed by atoms with Crippen molar-refractivity contribution in [2.75, 3.05) is 7.11 Å². The SMILES string of the molecule is COc1ccccc1CCn1c(C)cc(C=O)c1C. The Morgan fingerprint density at radius 1 is 1.26 bits per heavy atom. The average molecular weight is 257 g/mol. The fraction of sp³-hybridized carbons (Fsp3) is 0.312. The van der Waals surface area contributed by atoms with E-state index in [1.807, 2.05) is 38.1 Å². The van der Waals surface area contributed by atoms with E-state index in [4.69, 9.17) is 4.74 Å². The lowest BCUT2D eigenvalue weighted by molar-refractivity contribution is 0.112. The number of hydrogen-bond acceptors (Lipinski definition) is 2. The van der Waals surface area contributed by atoms with Crippen LogP contribution >= 0.6 is 0 Å². The van der Waals surface area contributed by atoms with Crippen LogP contribution in [-0.4, -0.2) is 18.0 Å². The third kappa shape index (κ3) is 2.70. The average Bonchev–Trinajstić information content (AvgIpc) is 2.71. The number of rotatable bonds is 5. The van der Waals surface area contributed by atoms with Crippen LogP contribution in [0.2, 0.25) is 0 Å². The Bertz CT molecular complexity index is 584. The summed E-state index contributed by atoms with van der Waals surface area (Å²) >= 11 is 0. The smallest absolute Gasteiger partial charge is 0.151 e. The number of methoxy groups -OCH3 is 1. The number of carbonyl (C=O) groups is 1. The molecule has 3 heteroatoms. The van der Waals surface area contributed by atoms with E-state index in [0.717, 1.165) is 42.0 Å². The van der Waals surface area contributed by atoms with Crippen LogP contribution in [0.1, 0.15) is 27.3 Å². The van der Waals surface area contributed by atoms with Gasteiger partial charge in [0.1, 0.15) is 5.75 Å². The molecule has 0 aliphatic heterocycles. The van der Waals surface area contributed by atoms with Gasteiger partial charge in [0.2, 0.25) is 0 Å². The summed E-state index contributed by atoms with van der Waals surface area (Å²) in [5.41, 5.74) is 4.11. The molecule has 0 fully saturated rings. The van der Waals surface area contributed by atoms with Crippen LogP contribution in [0.5, 0.6) is 5.75 Å². The van der Waals surface area contributed by atoms with Gasteiger partial charge in [-0.2, -0.15) is 0 Å². The maximum absolute atomic E-state index is 10.9. The maximum Gasteiger partial charge on any atom is 0.151 e. The van der Waals surface area contributed by atoms with Gasteiger partial charge < -0.3 is 9.30 Å². The Morgan fingerprint density at radius 3 is 2.63 bits per heavy atom. The molecule has 0 bridgehead atoms. The summed E-state index contributed by atoms with van der Waals surface area (Å²) in [5.74, 6) is 0.917. The fourth-order valence-corrected chi connectivity index (χ4v) is 2.43. The lowest BCUT2D eigenvalue weighted by Crippen LogP contribution is -2.06. The lowest BCUT2D eigenvalue weighted by Gasteiger charge is -2.12. The first-order valence-electron chi connectivity index (χ1n) is 6.41. The second-order valence-corrected chi connectivity index (χ2v) is 4.66. The number of benzene rings is 1. The second-order valence-electron chi connectivity index (χ2n) is 4.66. The van der Waals surface area contributed by atoms with Crippen molar-refractivity contribution in [2.24, 2.45) is 0 Å². The maximum atomic E-state index is 10.9. The third-order valence-electron chi connectivity index (χ3n) is 3.54. The van der Waals surface area contributed by atoms with E-state index in [9.17, 15) is 4.79 Å². The van der Waals surface area contributed by atoms with Crippen molar-refractivity contribution >= 4 is 6.29 Å². The molecule has 0 aliphatic rings. The molecule has 100 valence electrons. The van der Waals surface area contributed by atoms with Crippen molar-refractivity contribution in [3.05, 3.63) is 52.8 Å². The molecule has 0 radical (unpaired) electrons. The number of ether oxygens (including phenoxy) is 1. The molecule has 2 rings (SSSR count). The van der Waals surface area contributed by atoms with Crippen LogP contribution in [0, 0.1) is 13.8 Å². The quantitative estimate of drug-likeness (QED) is 0.770. The van der Waals surface area contributed by atoms with Crippen molar-refractivity contribution in [3.63, 3.8) is 0 Å². The van der Waals surface area contributed by atoms with Crippen LogP contribution in [0.4, 0.5) is 0 Å². The first-order chi connectivity index (χ1) is 9.17. The van der Waals surface area contributed by atoms with Gasteiger partial charge >= 0.3 is 0 Å². The molecule has 1 aromatic heterocycles. The number of aldehydes is 1. The fourth-order valence-electron chi connectivity index (χ4n) is 2.43. The minimum Gasteiger partial charge on any atom is -0.496 e. The predicted molar refractivity (Wildman–Crippen MR) is 76.0 cm³/mol. The van der Waals surface area contributed by atoms with Crippen molar-refractivity contribution in [1.29, 1.82) is 0 Å². The zero-order valence-electron chi connectivity index (χ0n) is 11.6. The molecule has 0 unspecified atom stereocenters. The van der Waals surface area contributed by atoms with E-state index in [1.54, 1.807) is 7.11 Å². The molecule has 1 aromatic carbocycles. The number of hydrogen-bond donors (Lipinski definition) is 0. The molecule has 1 heterocycles. The van der Waals surface area contributed by atoms with Gasteiger partial charge in [-0.25, -0.2) is 0 Å². The number of aromatic nitrogens is 1. The highest BCUT2D eigenvalue weighted by Crippen LogP contribution is 2.20. The van der Waals surface area contributed by atoms with Gasteiger partial charge in [-0.3, -0.25) is 4.79 Å². The summed E-state index contributed by atoms with van der Waals surface area (Å²) in [6, 6.07) is 9.98. The topological polar surface area (TPSA) is 31.2 Å². The van der Waals surface area contributed by atoms with Gasteiger partial charge in [-0.15, -0.1) is 0 Å². The Morgan fingerprint density at radius 2 is 2.00 bits per heavy atom. The highest BCUT2D eigenvalue weighted by molar-refractivity contribution is 5.77. The molecule has 0 saturated heterocycles. The predicted octanol–water partition coefficient (Wildman–Crippen LogP) is 3.17. The normalized spacial score (nSPS) is 10.5. The molecule has 0 atom stereocenters. The van der Waals surface area contributed by atoms with Gasteiger partial charge in [-0.05, 0) is 38.0 Å². The van der Waals surface area contributed by atoms with E-state index in [1.165, 1.54) is 5.56 Å². The summed E-state index contributed by atoms with van der Waals surface area (Å²) in [4.78, 5) is 10.9. The Labute approximate surface area is 113 Å². The van der Waals surface area contributed by atoms with Crippen molar-refractivity contribution in [2.45, 2.75) is 26.8 Å². The second kappa shape index (κ2) is 5.74. The summed E-state index contributed by atoms with van der Waals surface area (Å²) in [6.07, 6.45) is 1.81. The molecule has 2 aromatic rings. The van der Waals surface area contributed by atoms with Crippen molar-refractivity contribution in [3.8, 4) is 5.75 Å². The van der Waals surface area contributed by atoms with Crippen LogP contribution in [0.15, 0.2) is 30.3 Å². The third-order valence-corrected chi connectivity index (χ3v) is 3.54. The van der Waals surface area contributed by atoms with E-state index in [-0.39, 0.29) is 0 Å². The number of carbonyl (C=O) groups excluding carboxylic acids is 1. The largest absolute Gasteiger partial charge is 0.496 e. The summed E-state index contributed by atoms with van der Waals surface area (Å²) in [7, 11) is 1.69.